The first-order valence-electron chi connectivity index (χ1n) is 2.89. The molecule has 66 valence electrons. The largest absolute Gasteiger partial charge is 0.481 e. The van der Waals surface area contributed by atoms with E-state index in [2.05, 4.69) is 4.74 Å². The lowest BCUT2D eigenvalue weighted by Gasteiger charge is -1.92. The molecule has 0 aromatic rings. The smallest absolute Gasteiger partial charge is 0.302 e. The van der Waals surface area contributed by atoms with E-state index in [-0.39, 0.29) is 5.97 Å². The number of carboxylic acids is 1. The van der Waals surface area contributed by atoms with Crippen LogP contribution in [0.5, 0.6) is 0 Å². The Labute approximate surface area is 70.1 Å². The van der Waals surface area contributed by atoms with E-state index < -0.39 is 5.97 Å². The van der Waals surface area contributed by atoms with Crippen LogP contribution in [0.15, 0.2) is 0 Å². The number of carboxylic acid groups (broad SMARTS) is 1. The van der Waals surface area contributed by atoms with E-state index >= 15 is 0 Å². The van der Waals surface area contributed by atoms with Crippen molar-refractivity contribution >= 4 is 23.5 Å². The number of rotatable bonds is 2. The number of carbonyl (C=O) groups is 2. The molecule has 0 aromatic heterocycles. The molecule has 0 saturated heterocycles. The molecule has 0 aliphatic rings. The highest BCUT2D eigenvalue weighted by Crippen LogP contribution is 1.77. The van der Waals surface area contributed by atoms with Gasteiger partial charge in [-0.1, -0.05) is 0 Å². The third-order valence-corrected chi connectivity index (χ3v) is 0.537. The van der Waals surface area contributed by atoms with E-state index in [9.17, 15) is 4.79 Å². The van der Waals surface area contributed by atoms with Gasteiger partial charge >= 0.3 is 5.97 Å². The Kier molecular flexibility index (Phi) is 10.8. The van der Waals surface area contributed by atoms with Crippen molar-refractivity contribution in [3.63, 3.8) is 0 Å². The maximum absolute atomic E-state index is 9.92. The van der Waals surface area contributed by atoms with E-state index in [1.54, 1.807) is 0 Å². The summed E-state index contributed by atoms with van der Waals surface area (Å²) in [6.45, 7) is 2.75. The van der Waals surface area contributed by atoms with Crippen molar-refractivity contribution in [1.29, 1.82) is 0 Å². The van der Waals surface area contributed by atoms with Crippen molar-refractivity contribution in [2.24, 2.45) is 0 Å². The molecule has 0 saturated carbocycles. The minimum absolute atomic E-state index is 0.277. The van der Waals surface area contributed by atoms with Gasteiger partial charge in [0.1, 0.15) is 6.61 Å². The number of alkyl halides is 1. The standard InChI is InChI=1S/C4H7ClO2.C2H4O2/c1-4(6)7-3-2-5;1-2(3)4/h2-3H2,1H3;1H3,(H,3,4). The molecule has 0 amide bonds. The predicted molar refractivity (Wildman–Crippen MR) is 40.7 cm³/mol. The Morgan fingerprint density at radius 3 is 1.91 bits per heavy atom. The number of aliphatic carboxylic acids is 1. The van der Waals surface area contributed by atoms with Gasteiger partial charge in [0.15, 0.2) is 0 Å². The maximum Gasteiger partial charge on any atom is 0.302 e. The maximum atomic E-state index is 9.92. The number of esters is 1. The normalized spacial score (nSPS) is 7.55. The first kappa shape index (κ1) is 12.9. The molecule has 0 bridgehead atoms. The highest BCUT2D eigenvalue weighted by Gasteiger charge is 1.86. The van der Waals surface area contributed by atoms with Gasteiger partial charge in [0, 0.05) is 13.8 Å². The highest BCUT2D eigenvalue weighted by molar-refractivity contribution is 6.18. The fourth-order valence-electron chi connectivity index (χ4n) is 0.182. The summed E-state index contributed by atoms with van der Waals surface area (Å²) in [7, 11) is 0. The Bertz CT molecular complexity index is 120. The van der Waals surface area contributed by atoms with E-state index in [1.807, 2.05) is 0 Å². The average molecular weight is 183 g/mol. The van der Waals surface area contributed by atoms with Gasteiger partial charge in [-0.3, -0.25) is 9.59 Å². The molecule has 5 heteroatoms. The molecule has 0 heterocycles. The fraction of sp³-hybridized carbons (Fsp3) is 0.667. The van der Waals surface area contributed by atoms with Gasteiger partial charge in [-0.05, 0) is 0 Å². The molecule has 1 N–H and O–H groups in total. The molecular formula is C6H11ClO4. The second-order valence-electron chi connectivity index (χ2n) is 1.55. The molecule has 0 radical (unpaired) electrons. The summed E-state index contributed by atoms with van der Waals surface area (Å²) in [4.78, 5) is 18.9. The molecular weight excluding hydrogens is 172 g/mol. The minimum Gasteiger partial charge on any atom is -0.481 e. The van der Waals surface area contributed by atoms with E-state index in [0.717, 1.165) is 6.92 Å². The van der Waals surface area contributed by atoms with E-state index in [0.29, 0.717) is 12.5 Å². The Morgan fingerprint density at radius 1 is 1.45 bits per heavy atom. The summed E-state index contributed by atoms with van der Waals surface area (Å²) < 4.78 is 4.42. The van der Waals surface area contributed by atoms with Crippen LogP contribution in [0.25, 0.3) is 0 Å². The van der Waals surface area contributed by atoms with Crippen LogP contribution in [0.1, 0.15) is 13.8 Å². The molecule has 0 aliphatic carbocycles. The van der Waals surface area contributed by atoms with Crippen molar-refractivity contribution in [2.75, 3.05) is 12.5 Å². The van der Waals surface area contributed by atoms with Crippen LogP contribution in [-0.2, 0) is 14.3 Å². The summed E-state index contributed by atoms with van der Waals surface area (Å²) in [5.74, 6) is -0.736. The highest BCUT2D eigenvalue weighted by atomic mass is 35.5. The first-order chi connectivity index (χ1) is 5.00. The van der Waals surface area contributed by atoms with Crippen molar-refractivity contribution in [1.82, 2.24) is 0 Å². The summed E-state index contributed by atoms with van der Waals surface area (Å²) >= 11 is 5.17. The fourth-order valence-corrected chi connectivity index (χ4v) is 0.259. The topological polar surface area (TPSA) is 63.6 Å². The summed E-state index contributed by atoms with van der Waals surface area (Å²) in [5.41, 5.74) is 0. The zero-order valence-corrected chi connectivity index (χ0v) is 7.22. The summed E-state index contributed by atoms with van der Waals surface area (Å²) in [5, 5.41) is 7.42. The van der Waals surface area contributed by atoms with Crippen molar-refractivity contribution in [3.8, 4) is 0 Å². The van der Waals surface area contributed by atoms with E-state index in [1.165, 1.54) is 6.92 Å². The number of hydrogen-bond acceptors (Lipinski definition) is 3. The number of hydrogen-bond donors (Lipinski definition) is 1. The molecule has 0 spiro atoms. The first-order valence-corrected chi connectivity index (χ1v) is 3.43. The SMILES string of the molecule is CC(=O)O.CC(=O)OCCCl. The van der Waals surface area contributed by atoms with Crippen molar-refractivity contribution in [2.45, 2.75) is 13.8 Å². The molecule has 0 rings (SSSR count). The predicted octanol–water partition coefficient (Wildman–Crippen LogP) is 0.879. The van der Waals surface area contributed by atoms with Gasteiger partial charge in [0.2, 0.25) is 0 Å². The molecule has 4 nitrogen and oxygen atoms in total. The second kappa shape index (κ2) is 9.23. The second-order valence-corrected chi connectivity index (χ2v) is 1.93. The number of ether oxygens (including phenoxy) is 1. The monoisotopic (exact) mass is 182 g/mol. The Morgan fingerprint density at radius 2 is 1.82 bits per heavy atom. The Hall–Kier alpha value is -0.770. The van der Waals surface area contributed by atoms with Crippen LogP contribution in [0.2, 0.25) is 0 Å². The van der Waals surface area contributed by atoms with Crippen LogP contribution >= 0.6 is 11.6 Å². The zero-order valence-electron chi connectivity index (χ0n) is 6.46. The third-order valence-electron chi connectivity index (χ3n) is 0.382. The van der Waals surface area contributed by atoms with Gasteiger partial charge in [0.05, 0.1) is 5.88 Å². The summed E-state index contributed by atoms with van der Waals surface area (Å²) in [6.07, 6.45) is 0. The van der Waals surface area contributed by atoms with Gasteiger partial charge in [0.25, 0.3) is 5.97 Å². The minimum atomic E-state index is -0.833. The van der Waals surface area contributed by atoms with Crippen LogP contribution in [0.4, 0.5) is 0 Å². The number of carbonyl (C=O) groups excluding carboxylic acids is 1. The molecule has 0 aromatic carbocycles. The van der Waals surface area contributed by atoms with Crippen molar-refractivity contribution in [3.05, 3.63) is 0 Å². The van der Waals surface area contributed by atoms with Crippen LogP contribution in [-0.4, -0.2) is 29.5 Å². The van der Waals surface area contributed by atoms with E-state index in [4.69, 9.17) is 21.5 Å². The quantitative estimate of drug-likeness (QED) is 0.509. The zero-order chi connectivity index (χ0) is 9.28. The van der Waals surface area contributed by atoms with Crippen LogP contribution in [0, 0.1) is 0 Å². The van der Waals surface area contributed by atoms with Crippen LogP contribution < -0.4 is 0 Å². The average Bonchev–Trinajstić information content (AvgIpc) is 1.82. The summed E-state index contributed by atoms with van der Waals surface area (Å²) in [6, 6.07) is 0. The molecule has 0 aliphatic heterocycles. The van der Waals surface area contributed by atoms with Gasteiger partial charge in [-0.25, -0.2) is 0 Å². The lowest BCUT2D eigenvalue weighted by Crippen LogP contribution is -2.00. The Balaban J connectivity index is 0. The lowest BCUT2D eigenvalue weighted by molar-refractivity contribution is -0.140. The van der Waals surface area contributed by atoms with Gasteiger partial charge < -0.3 is 9.84 Å². The lowest BCUT2D eigenvalue weighted by atomic mass is 10.8. The molecule has 0 fully saturated rings. The third kappa shape index (κ3) is 46.2. The molecule has 0 atom stereocenters. The number of halogens is 1. The molecule has 0 unspecified atom stereocenters. The molecule has 11 heavy (non-hydrogen) atoms. The van der Waals surface area contributed by atoms with Gasteiger partial charge in [-0.2, -0.15) is 0 Å². The van der Waals surface area contributed by atoms with Crippen LogP contribution in [0.3, 0.4) is 0 Å². The van der Waals surface area contributed by atoms with Crippen molar-refractivity contribution < 1.29 is 19.4 Å². The van der Waals surface area contributed by atoms with Gasteiger partial charge in [-0.15, -0.1) is 11.6 Å².